The largest absolute Gasteiger partial charge is 0.337 e. The van der Waals surface area contributed by atoms with Crippen LogP contribution in [0.3, 0.4) is 0 Å². The minimum absolute atomic E-state index is 0.163. The monoisotopic (exact) mass is 453 g/mol. The zero-order valence-electron chi connectivity index (χ0n) is 19.3. The molecule has 2 fully saturated rings. The Balaban J connectivity index is 1.54. The number of hydrogen-bond acceptors (Lipinski definition) is 3. The zero-order chi connectivity index (χ0) is 22.5. The summed E-state index contributed by atoms with van der Waals surface area (Å²) in [5, 5.41) is 4.17. The quantitative estimate of drug-likeness (QED) is 0.669. The molecular formula is C27H36ClN3O. The predicted molar refractivity (Wildman–Crippen MR) is 132 cm³/mol. The van der Waals surface area contributed by atoms with Crippen LogP contribution >= 0.6 is 11.6 Å². The van der Waals surface area contributed by atoms with Crippen molar-refractivity contribution in [1.29, 1.82) is 0 Å². The van der Waals surface area contributed by atoms with Crippen molar-refractivity contribution in [3.05, 3.63) is 70.7 Å². The number of amides is 1. The second-order valence-electron chi connectivity index (χ2n) is 9.66. The molecule has 0 aromatic heterocycles. The van der Waals surface area contributed by atoms with Gasteiger partial charge in [0.1, 0.15) is 0 Å². The molecule has 5 heteroatoms. The number of piperidine rings is 1. The minimum Gasteiger partial charge on any atom is -0.337 e. The van der Waals surface area contributed by atoms with Gasteiger partial charge in [0.15, 0.2) is 0 Å². The van der Waals surface area contributed by atoms with Crippen molar-refractivity contribution in [3.63, 3.8) is 0 Å². The van der Waals surface area contributed by atoms with Crippen LogP contribution in [-0.4, -0.2) is 54.5 Å². The fourth-order valence-electron chi connectivity index (χ4n) is 5.29. The van der Waals surface area contributed by atoms with Crippen LogP contribution < -0.4 is 5.32 Å². The van der Waals surface area contributed by atoms with Crippen molar-refractivity contribution in [1.82, 2.24) is 15.1 Å². The summed E-state index contributed by atoms with van der Waals surface area (Å²) in [6, 6.07) is 19.3. The van der Waals surface area contributed by atoms with Crippen molar-refractivity contribution in [2.75, 3.05) is 32.7 Å². The smallest absolute Gasteiger partial charge is 0.223 e. The highest BCUT2D eigenvalue weighted by molar-refractivity contribution is 6.30. The SMILES string of the molecule is CC(C)[C@H]1CN(C(c2ccccc2)c2ccc(Cl)cc2)CCN1C(=O)CC1CCNCC1. The highest BCUT2D eigenvalue weighted by Crippen LogP contribution is 2.33. The van der Waals surface area contributed by atoms with Crippen LogP contribution in [0.15, 0.2) is 54.6 Å². The molecule has 1 amide bonds. The molecule has 2 aromatic carbocycles. The maximum atomic E-state index is 13.3. The number of hydrogen-bond donors (Lipinski definition) is 1. The molecule has 2 aliphatic heterocycles. The van der Waals surface area contributed by atoms with Crippen molar-refractivity contribution in [2.24, 2.45) is 11.8 Å². The summed E-state index contributed by atoms with van der Waals surface area (Å²) in [5.74, 6) is 1.29. The fourth-order valence-corrected chi connectivity index (χ4v) is 5.42. The summed E-state index contributed by atoms with van der Waals surface area (Å²) in [6.45, 7) is 9.14. The molecular weight excluding hydrogens is 418 g/mol. The fraction of sp³-hybridized carbons (Fsp3) is 0.519. The lowest BCUT2D eigenvalue weighted by atomic mass is 9.91. The number of piperazine rings is 1. The molecule has 4 nitrogen and oxygen atoms in total. The van der Waals surface area contributed by atoms with Crippen molar-refractivity contribution in [3.8, 4) is 0 Å². The van der Waals surface area contributed by atoms with Gasteiger partial charge in [0.25, 0.3) is 0 Å². The van der Waals surface area contributed by atoms with Gasteiger partial charge in [0, 0.05) is 37.1 Å². The molecule has 0 radical (unpaired) electrons. The average molecular weight is 454 g/mol. The van der Waals surface area contributed by atoms with E-state index in [0.717, 1.165) is 50.6 Å². The van der Waals surface area contributed by atoms with Crippen molar-refractivity contribution >= 4 is 17.5 Å². The predicted octanol–water partition coefficient (Wildman–Crippen LogP) is 4.99. The van der Waals surface area contributed by atoms with Gasteiger partial charge < -0.3 is 10.2 Å². The third-order valence-corrected chi connectivity index (χ3v) is 7.38. The van der Waals surface area contributed by atoms with Gasteiger partial charge in [-0.2, -0.15) is 0 Å². The van der Waals surface area contributed by atoms with Gasteiger partial charge in [0.05, 0.1) is 6.04 Å². The third-order valence-electron chi connectivity index (χ3n) is 7.13. The number of nitrogens with one attached hydrogen (secondary N) is 1. The number of halogens is 1. The first-order valence-electron chi connectivity index (χ1n) is 12.1. The molecule has 1 N–H and O–H groups in total. The first-order chi connectivity index (χ1) is 15.5. The molecule has 0 bridgehead atoms. The summed E-state index contributed by atoms with van der Waals surface area (Å²) in [4.78, 5) is 18.0. The summed E-state index contributed by atoms with van der Waals surface area (Å²) in [6.07, 6.45) is 2.93. The van der Waals surface area contributed by atoms with Gasteiger partial charge in [-0.15, -0.1) is 0 Å². The number of carbonyl (C=O) groups excluding carboxylic acids is 1. The normalized spacial score (nSPS) is 21.6. The van der Waals surface area contributed by atoms with Crippen LogP contribution in [0.1, 0.15) is 50.3 Å². The van der Waals surface area contributed by atoms with Crippen LogP contribution in [0.4, 0.5) is 0 Å². The lowest BCUT2D eigenvalue weighted by Crippen LogP contribution is -2.58. The Morgan fingerprint density at radius 3 is 2.31 bits per heavy atom. The standard InChI is InChI=1S/C27H36ClN3O/c1-20(2)25-19-30(16-17-31(25)26(32)18-21-12-14-29-15-13-21)27(22-6-4-3-5-7-22)23-8-10-24(28)11-9-23/h3-11,20-21,25,27,29H,12-19H2,1-2H3/t25-,27?/m1/s1. The number of carbonyl (C=O) groups is 1. The van der Waals surface area contributed by atoms with Crippen LogP contribution in [-0.2, 0) is 4.79 Å². The molecule has 0 spiro atoms. The number of nitrogens with zero attached hydrogens (tertiary/aromatic N) is 2. The first kappa shape index (κ1) is 23.3. The molecule has 0 aliphatic carbocycles. The average Bonchev–Trinajstić information content (AvgIpc) is 2.82. The molecule has 172 valence electrons. The van der Waals surface area contributed by atoms with E-state index in [-0.39, 0.29) is 12.1 Å². The van der Waals surface area contributed by atoms with Crippen LogP contribution in [0.25, 0.3) is 0 Å². The van der Waals surface area contributed by atoms with Gasteiger partial charge >= 0.3 is 0 Å². The molecule has 2 aliphatic rings. The van der Waals surface area contributed by atoms with E-state index in [9.17, 15) is 4.79 Å². The highest BCUT2D eigenvalue weighted by Gasteiger charge is 2.36. The molecule has 0 saturated carbocycles. The number of benzene rings is 2. The van der Waals surface area contributed by atoms with E-state index in [1.165, 1.54) is 11.1 Å². The number of rotatable bonds is 6. The lowest BCUT2D eigenvalue weighted by Gasteiger charge is -2.46. The summed E-state index contributed by atoms with van der Waals surface area (Å²) < 4.78 is 0. The Bertz CT molecular complexity index is 864. The summed E-state index contributed by atoms with van der Waals surface area (Å²) >= 11 is 6.19. The van der Waals surface area contributed by atoms with Crippen LogP contribution in [0, 0.1) is 11.8 Å². The zero-order valence-corrected chi connectivity index (χ0v) is 20.1. The van der Waals surface area contributed by atoms with Crippen molar-refractivity contribution in [2.45, 2.75) is 45.2 Å². The van der Waals surface area contributed by atoms with E-state index in [1.54, 1.807) is 0 Å². The second-order valence-corrected chi connectivity index (χ2v) is 10.1. The van der Waals surface area contributed by atoms with E-state index in [1.807, 2.05) is 12.1 Å². The Morgan fingerprint density at radius 1 is 1.00 bits per heavy atom. The Kier molecular flexibility index (Phi) is 7.88. The molecule has 4 rings (SSSR count). The maximum Gasteiger partial charge on any atom is 0.223 e. The van der Waals surface area contributed by atoms with E-state index >= 15 is 0 Å². The Morgan fingerprint density at radius 2 is 1.66 bits per heavy atom. The maximum absolute atomic E-state index is 13.3. The third kappa shape index (κ3) is 5.54. The molecule has 2 atom stereocenters. The van der Waals surface area contributed by atoms with Gasteiger partial charge in [-0.3, -0.25) is 9.69 Å². The molecule has 1 unspecified atom stereocenters. The Hall–Kier alpha value is -1.88. The van der Waals surface area contributed by atoms with Gasteiger partial charge in [0.2, 0.25) is 5.91 Å². The van der Waals surface area contributed by atoms with Gasteiger partial charge in [-0.25, -0.2) is 0 Å². The molecule has 2 saturated heterocycles. The van der Waals surface area contributed by atoms with E-state index in [4.69, 9.17) is 11.6 Å². The van der Waals surface area contributed by atoms with Gasteiger partial charge in [-0.05, 0) is 61.0 Å². The highest BCUT2D eigenvalue weighted by atomic mass is 35.5. The second kappa shape index (κ2) is 10.8. The lowest BCUT2D eigenvalue weighted by molar-refractivity contribution is -0.139. The van der Waals surface area contributed by atoms with E-state index < -0.39 is 0 Å². The Labute approximate surface area is 197 Å². The molecule has 32 heavy (non-hydrogen) atoms. The van der Waals surface area contributed by atoms with Crippen molar-refractivity contribution < 1.29 is 4.79 Å². The summed E-state index contributed by atoms with van der Waals surface area (Å²) in [5.41, 5.74) is 2.53. The first-order valence-corrected chi connectivity index (χ1v) is 12.5. The molecule has 2 aromatic rings. The topological polar surface area (TPSA) is 35.6 Å². The summed E-state index contributed by atoms with van der Waals surface area (Å²) in [7, 11) is 0. The van der Waals surface area contributed by atoms with E-state index in [0.29, 0.717) is 24.2 Å². The van der Waals surface area contributed by atoms with E-state index in [2.05, 4.69) is 71.4 Å². The minimum atomic E-state index is 0.163. The van der Waals surface area contributed by atoms with Gasteiger partial charge in [-0.1, -0.05) is 67.9 Å². The van der Waals surface area contributed by atoms with Crippen LogP contribution in [0.5, 0.6) is 0 Å². The van der Waals surface area contributed by atoms with Crippen LogP contribution in [0.2, 0.25) is 5.02 Å². The molecule has 2 heterocycles.